The molecule has 0 unspecified atom stereocenters. The lowest BCUT2D eigenvalue weighted by Gasteiger charge is -2.27. The quantitative estimate of drug-likeness (QED) is 0.889. The highest BCUT2D eigenvalue weighted by molar-refractivity contribution is 7.89. The van der Waals surface area contributed by atoms with Gasteiger partial charge in [-0.15, -0.1) is 0 Å². The molecular weight excluding hydrogens is 303 g/mol. The number of halogens is 1. The normalized spacial score (nSPS) is 12.9. The van der Waals surface area contributed by atoms with Gasteiger partial charge in [0, 0.05) is 25.3 Å². The zero-order valence-electron chi connectivity index (χ0n) is 12.5. The lowest BCUT2D eigenvalue weighted by Crippen LogP contribution is -2.40. The van der Waals surface area contributed by atoms with Gasteiger partial charge in [-0.05, 0) is 37.3 Å². The van der Waals surface area contributed by atoms with Gasteiger partial charge in [0.1, 0.15) is 5.82 Å². The van der Waals surface area contributed by atoms with E-state index in [0.717, 1.165) is 11.8 Å². The maximum Gasteiger partial charge on any atom is 0.240 e. The largest absolute Gasteiger partial charge is 0.371 e. The fraction of sp³-hybridized carbons (Fsp3) is 0.250. The van der Waals surface area contributed by atoms with E-state index < -0.39 is 15.8 Å². The van der Waals surface area contributed by atoms with Gasteiger partial charge in [-0.2, -0.15) is 0 Å². The lowest BCUT2D eigenvalue weighted by atomic mass is 10.2. The van der Waals surface area contributed by atoms with Crippen LogP contribution in [0.25, 0.3) is 0 Å². The Bertz CT molecular complexity index is 720. The van der Waals surface area contributed by atoms with Crippen molar-refractivity contribution < 1.29 is 12.8 Å². The third-order valence-electron chi connectivity index (χ3n) is 3.50. The van der Waals surface area contributed by atoms with Crippen molar-refractivity contribution >= 4 is 15.7 Å². The summed E-state index contributed by atoms with van der Waals surface area (Å²) in [5.41, 5.74) is 1.000. The number of rotatable bonds is 6. The fourth-order valence-electron chi connectivity index (χ4n) is 2.00. The van der Waals surface area contributed by atoms with Crippen LogP contribution in [0, 0.1) is 5.82 Å². The second-order valence-corrected chi connectivity index (χ2v) is 6.87. The summed E-state index contributed by atoms with van der Waals surface area (Å²) in [6.07, 6.45) is 0. The zero-order chi connectivity index (χ0) is 16.2. The van der Waals surface area contributed by atoms with Gasteiger partial charge in [0.05, 0.1) is 4.90 Å². The average Bonchev–Trinajstić information content (AvgIpc) is 2.53. The van der Waals surface area contributed by atoms with Gasteiger partial charge in [-0.1, -0.05) is 24.3 Å². The van der Waals surface area contributed by atoms with E-state index in [-0.39, 0.29) is 17.5 Å². The van der Waals surface area contributed by atoms with Crippen molar-refractivity contribution in [3.63, 3.8) is 0 Å². The summed E-state index contributed by atoms with van der Waals surface area (Å²) < 4.78 is 40.0. The molecule has 0 aliphatic rings. The summed E-state index contributed by atoms with van der Waals surface area (Å²) in [5, 5.41) is 0. The number of sulfonamides is 1. The Labute approximate surface area is 130 Å². The maximum absolute atomic E-state index is 13.1. The number of nitrogens with one attached hydrogen (secondary N) is 1. The molecule has 0 bridgehead atoms. The van der Waals surface area contributed by atoms with Crippen molar-refractivity contribution in [1.29, 1.82) is 0 Å². The summed E-state index contributed by atoms with van der Waals surface area (Å²) in [6, 6.07) is 14.6. The van der Waals surface area contributed by atoms with E-state index in [2.05, 4.69) is 4.72 Å². The van der Waals surface area contributed by atoms with Crippen molar-refractivity contribution in [2.24, 2.45) is 0 Å². The first-order chi connectivity index (χ1) is 10.4. The highest BCUT2D eigenvalue weighted by Gasteiger charge is 2.17. The highest BCUT2D eigenvalue weighted by atomic mass is 32.2. The second-order valence-electron chi connectivity index (χ2n) is 5.10. The number of likely N-dealkylation sites (N-methyl/N-ethyl adjacent to an activating group) is 1. The Hall–Kier alpha value is -1.92. The van der Waals surface area contributed by atoms with Crippen molar-refractivity contribution in [2.45, 2.75) is 17.9 Å². The molecule has 1 N–H and O–H groups in total. The number of nitrogens with zero attached hydrogens (tertiary/aromatic N) is 1. The van der Waals surface area contributed by atoms with Crippen molar-refractivity contribution in [3.8, 4) is 0 Å². The molecule has 0 saturated carbocycles. The Balaban J connectivity index is 2.03. The van der Waals surface area contributed by atoms with Gasteiger partial charge in [-0.3, -0.25) is 0 Å². The van der Waals surface area contributed by atoms with Gasteiger partial charge >= 0.3 is 0 Å². The predicted molar refractivity (Wildman–Crippen MR) is 85.9 cm³/mol. The monoisotopic (exact) mass is 322 g/mol. The molecule has 22 heavy (non-hydrogen) atoms. The van der Waals surface area contributed by atoms with Crippen molar-refractivity contribution in [2.75, 3.05) is 18.5 Å². The minimum Gasteiger partial charge on any atom is -0.371 e. The molecule has 1 atom stereocenters. The fourth-order valence-corrected chi connectivity index (χ4v) is 3.16. The molecular formula is C16H19FN2O2S. The first-order valence-electron chi connectivity index (χ1n) is 6.93. The van der Waals surface area contributed by atoms with Gasteiger partial charge in [0.25, 0.3) is 0 Å². The van der Waals surface area contributed by atoms with E-state index >= 15 is 0 Å². The van der Waals surface area contributed by atoms with Crippen molar-refractivity contribution in [1.82, 2.24) is 4.72 Å². The number of hydrogen-bond donors (Lipinski definition) is 1. The molecule has 0 spiro atoms. The first kappa shape index (κ1) is 16.5. The minimum atomic E-state index is -3.71. The number of hydrogen-bond acceptors (Lipinski definition) is 3. The minimum absolute atomic E-state index is 0.0502. The SMILES string of the molecule is C[C@H](CNS(=O)(=O)c1cccc(F)c1)N(C)c1ccccc1. The topological polar surface area (TPSA) is 49.4 Å². The molecule has 0 amide bonds. The van der Waals surface area contributed by atoms with E-state index in [9.17, 15) is 12.8 Å². The Morgan fingerprint density at radius 1 is 1.14 bits per heavy atom. The maximum atomic E-state index is 13.1. The molecule has 0 saturated heterocycles. The average molecular weight is 322 g/mol. The van der Waals surface area contributed by atoms with Crippen LogP contribution in [0.2, 0.25) is 0 Å². The Kier molecular flexibility index (Phi) is 5.15. The van der Waals surface area contributed by atoms with Crippen LogP contribution < -0.4 is 9.62 Å². The van der Waals surface area contributed by atoms with E-state index in [1.54, 1.807) is 0 Å². The number of anilines is 1. The second kappa shape index (κ2) is 6.89. The Morgan fingerprint density at radius 2 is 1.82 bits per heavy atom. The van der Waals surface area contributed by atoms with Crippen LogP contribution in [0.5, 0.6) is 0 Å². The summed E-state index contributed by atoms with van der Waals surface area (Å²) in [6.45, 7) is 2.14. The van der Waals surface area contributed by atoms with Gasteiger partial charge in [0.15, 0.2) is 0 Å². The molecule has 0 aromatic heterocycles. The van der Waals surface area contributed by atoms with Crippen LogP contribution in [0.15, 0.2) is 59.5 Å². The number of para-hydroxylation sites is 1. The molecule has 2 aromatic rings. The molecule has 0 aliphatic heterocycles. The van der Waals surface area contributed by atoms with Crippen LogP contribution >= 0.6 is 0 Å². The van der Waals surface area contributed by atoms with E-state index in [4.69, 9.17) is 0 Å². The summed E-state index contributed by atoms with van der Waals surface area (Å²) >= 11 is 0. The smallest absolute Gasteiger partial charge is 0.240 e. The van der Waals surface area contributed by atoms with Gasteiger partial charge in [-0.25, -0.2) is 17.5 Å². The molecule has 118 valence electrons. The molecule has 0 radical (unpaired) electrons. The molecule has 2 aromatic carbocycles. The Morgan fingerprint density at radius 3 is 2.45 bits per heavy atom. The summed E-state index contributed by atoms with van der Waals surface area (Å²) in [7, 11) is -1.81. The number of benzene rings is 2. The highest BCUT2D eigenvalue weighted by Crippen LogP contribution is 2.15. The van der Waals surface area contributed by atoms with Crippen LogP contribution in [-0.4, -0.2) is 28.1 Å². The van der Waals surface area contributed by atoms with Crippen LogP contribution in [0.1, 0.15) is 6.92 Å². The zero-order valence-corrected chi connectivity index (χ0v) is 13.3. The van der Waals surface area contributed by atoms with E-state index in [1.165, 1.54) is 18.2 Å². The lowest BCUT2D eigenvalue weighted by molar-refractivity contribution is 0.567. The summed E-state index contributed by atoms with van der Waals surface area (Å²) in [5.74, 6) is -0.572. The van der Waals surface area contributed by atoms with E-state index in [1.807, 2.05) is 49.2 Å². The van der Waals surface area contributed by atoms with E-state index in [0.29, 0.717) is 0 Å². The molecule has 0 aliphatic carbocycles. The van der Waals surface area contributed by atoms with Crippen LogP contribution in [0.4, 0.5) is 10.1 Å². The standard InChI is InChI=1S/C16H19FN2O2S/c1-13(19(2)15-8-4-3-5-9-15)12-18-22(20,21)16-10-6-7-14(17)11-16/h3-11,13,18H,12H2,1-2H3/t13-/m1/s1. The third kappa shape index (κ3) is 4.05. The molecule has 6 heteroatoms. The molecule has 0 heterocycles. The van der Waals surface area contributed by atoms with Gasteiger partial charge in [0.2, 0.25) is 10.0 Å². The molecule has 4 nitrogen and oxygen atoms in total. The predicted octanol–water partition coefficient (Wildman–Crippen LogP) is 2.63. The summed E-state index contributed by atoms with van der Waals surface area (Å²) in [4.78, 5) is 1.91. The molecule has 0 fully saturated rings. The van der Waals surface area contributed by atoms with Crippen molar-refractivity contribution in [3.05, 3.63) is 60.4 Å². The van der Waals surface area contributed by atoms with Gasteiger partial charge < -0.3 is 4.90 Å². The first-order valence-corrected chi connectivity index (χ1v) is 8.41. The molecule has 2 rings (SSSR count). The third-order valence-corrected chi connectivity index (χ3v) is 4.92. The van der Waals surface area contributed by atoms with Crippen LogP contribution in [-0.2, 0) is 10.0 Å². The van der Waals surface area contributed by atoms with Crippen LogP contribution in [0.3, 0.4) is 0 Å².